The van der Waals surface area contributed by atoms with Gasteiger partial charge < -0.3 is 9.47 Å². The van der Waals surface area contributed by atoms with Gasteiger partial charge in [-0.2, -0.15) is 25.3 Å². The molecule has 2 unspecified atom stereocenters. The average molecular weight is 379 g/mol. The lowest BCUT2D eigenvalue weighted by Gasteiger charge is -2.20. The normalized spacial score (nSPS) is 14.7. The highest BCUT2D eigenvalue weighted by molar-refractivity contribution is 7.81. The van der Waals surface area contributed by atoms with Gasteiger partial charge in [0, 0.05) is 16.9 Å². The zero-order chi connectivity index (χ0) is 18.4. The van der Waals surface area contributed by atoms with Gasteiger partial charge in [-0.15, -0.1) is 0 Å². The Balaban J connectivity index is 4.41. The number of hydrogen-bond donors (Lipinski definition) is 2. The van der Waals surface area contributed by atoms with Crippen LogP contribution in [0.1, 0.15) is 85.0 Å². The number of thiol groups is 2. The predicted molar refractivity (Wildman–Crippen MR) is 105 cm³/mol. The molecule has 0 radical (unpaired) electrons. The van der Waals surface area contributed by atoms with Crippen LogP contribution < -0.4 is 0 Å². The van der Waals surface area contributed by atoms with E-state index in [-0.39, 0.29) is 35.3 Å². The number of carbonyl (C=O) groups excluding carboxylic acids is 2. The zero-order valence-corrected chi connectivity index (χ0v) is 17.1. The molecule has 0 aromatic heterocycles. The van der Waals surface area contributed by atoms with Crippen molar-refractivity contribution in [1.82, 2.24) is 0 Å². The van der Waals surface area contributed by atoms with Gasteiger partial charge in [-0.05, 0) is 19.3 Å². The number of carbonyl (C=O) groups is 2. The molecule has 0 aromatic carbocycles. The molecule has 0 fully saturated rings. The number of hydrogen-bond acceptors (Lipinski definition) is 6. The van der Waals surface area contributed by atoms with E-state index in [0.717, 1.165) is 32.1 Å². The van der Waals surface area contributed by atoms with E-state index >= 15 is 0 Å². The Hall–Kier alpha value is -0.360. The van der Waals surface area contributed by atoms with Crippen molar-refractivity contribution in [2.75, 3.05) is 0 Å². The van der Waals surface area contributed by atoms with E-state index in [9.17, 15) is 9.59 Å². The maximum Gasteiger partial charge on any atom is 0.309 e. The third-order valence-electron chi connectivity index (χ3n) is 3.82. The second kappa shape index (κ2) is 14.9. The lowest BCUT2D eigenvalue weighted by molar-refractivity contribution is -0.189. The van der Waals surface area contributed by atoms with Gasteiger partial charge in [-0.1, -0.05) is 46.5 Å². The molecule has 0 amide bonds. The first-order chi connectivity index (χ1) is 11.4. The quantitative estimate of drug-likeness (QED) is 0.194. The highest BCUT2D eigenvalue weighted by atomic mass is 32.1. The van der Waals surface area contributed by atoms with Gasteiger partial charge in [0.15, 0.2) is 0 Å². The van der Waals surface area contributed by atoms with Gasteiger partial charge in [0.05, 0.1) is 12.8 Å². The molecule has 0 saturated carbocycles. The van der Waals surface area contributed by atoms with Crippen molar-refractivity contribution < 1.29 is 19.1 Å². The minimum absolute atomic E-state index is 0.0275. The van der Waals surface area contributed by atoms with Crippen molar-refractivity contribution >= 4 is 37.2 Å². The maximum atomic E-state index is 11.9. The molecule has 24 heavy (non-hydrogen) atoms. The Labute approximate surface area is 158 Å². The Morgan fingerprint density at radius 1 is 0.792 bits per heavy atom. The summed E-state index contributed by atoms with van der Waals surface area (Å²) in [4.78, 5) is 23.9. The van der Waals surface area contributed by atoms with E-state index in [2.05, 4.69) is 32.2 Å². The van der Waals surface area contributed by atoms with Crippen molar-refractivity contribution in [3.05, 3.63) is 0 Å². The molecule has 142 valence electrons. The fourth-order valence-corrected chi connectivity index (χ4v) is 2.42. The summed E-state index contributed by atoms with van der Waals surface area (Å²) in [7, 11) is 0. The highest BCUT2D eigenvalue weighted by Crippen LogP contribution is 2.16. The first kappa shape index (κ1) is 23.6. The largest absolute Gasteiger partial charge is 0.425 e. The monoisotopic (exact) mass is 378 g/mol. The lowest BCUT2D eigenvalue weighted by Crippen LogP contribution is -2.27. The molecule has 0 aliphatic heterocycles. The predicted octanol–water partition coefficient (Wildman–Crippen LogP) is 4.96. The summed E-state index contributed by atoms with van der Waals surface area (Å²) in [6.45, 7) is 6.09. The molecule has 0 heterocycles. The van der Waals surface area contributed by atoms with Gasteiger partial charge in [0.25, 0.3) is 0 Å². The Bertz CT molecular complexity index is 324. The summed E-state index contributed by atoms with van der Waals surface area (Å²) >= 11 is 8.62. The molecule has 0 aliphatic carbocycles. The molecule has 0 saturated heterocycles. The van der Waals surface area contributed by atoms with Gasteiger partial charge in [-0.25, -0.2) is 0 Å². The zero-order valence-electron chi connectivity index (χ0n) is 15.3. The van der Waals surface area contributed by atoms with Crippen LogP contribution in [0.25, 0.3) is 0 Å². The van der Waals surface area contributed by atoms with Crippen LogP contribution in [0.4, 0.5) is 0 Å². The molecule has 2 atom stereocenters. The molecule has 0 rings (SSSR count). The second-order valence-electron chi connectivity index (χ2n) is 6.14. The summed E-state index contributed by atoms with van der Waals surface area (Å²) in [6.07, 6.45) is 7.24. The summed E-state index contributed by atoms with van der Waals surface area (Å²) in [5.41, 5.74) is 0. The molecule has 4 nitrogen and oxygen atoms in total. The molecule has 0 bridgehead atoms. The van der Waals surface area contributed by atoms with Crippen LogP contribution >= 0.6 is 25.3 Å². The van der Waals surface area contributed by atoms with E-state index in [1.807, 2.05) is 13.8 Å². The van der Waals surface area contributed by atoms with Crippen LogP contribution in [0.5, 0.6) is 0 Å². The van der Waals surface area contributed by atoms with E-state index < -0.39 is 6.29 Å². The van der Waals surface area contributed by atoms with E-state index in [1.54, 1.807) is 0 Å². The van der Waals surface area contributed by atoms with Crippen molar-refractivity contribution in [3.63, 3.8) is 0 Å². The van der Waals surface area contributed by atoms with Crippen molar-refractivity contribution in [2.45, 2.75) is 102 Å². The minimum Gasteiger partial charge on any atom is -0.425 e. The van der Waals surface area contributed by atoms with E-state index in [1.165, 1.54) is 12.8 Å². The number of unbranched alkanes of at least 4 members (excludes halogenated alkanes) is 4. The molecular formula is C18H34O4S2. The molecule has 0 aromatic rings. The molecule has 0 aliphatic rings. The van der Waals surface area contributed by atoms with E-state index in [4.69, 9.17) is 9.47 Å². The Morgan fingerprint density at radius 3 is 1.67 bits per heavy atom. The van der Waals surface area contributed by atoms with Gasteiger partial charge in [0.2, 0.25) is 6.29 Å². The van der Waals surface area contributed by atoms with Crippen LogP contribution in [-0.4, -0.2) is 28.7 Å². The first-order valence-corrected chi connectivity index (χ1v) is 10.2. The molecule has 0 spiro atoms. The fraction of sp³-hybridized carbons (Fsp3) is 0.889. The lowest BCUT2D eigenvalue weighted by atomic mass is 10.1. The Morgan fingerprint density at radius 2 is 1.25 bits per heavy atom. The summed E-state index contributed by atoms with van der Waals surface area (Å²) in [6, 6.07) is 0. The van der Waals surface area contributed by atoms with Crippen LogP contribution in [0.2, 0.25) is 0 Å². The van der Waals surface area contributed by atoms with Crippen LogP contribution in [0, 0.1) is 0 Å². The summed E-state index contributed by atoms with van der Waals surface area (Å²) < 4.78 is 10.7. The third-order valence-corrected chi connectivity index (χ3v) is 4.91. The Kier molecular flexibility index (Phi) is 14.7. The molecular weight excluding hydrogens is 344 g/mol. The fourth-order valence-electron chi connectivity index (χ4n) is 2.12. The maximum absolute atomic E-state index is 11.9. The van der Waals surface area contributed by atoms with Crippen molar-refractivity contribution in [3.8, 4) is 0 Å². The first-order valence-electron chi connectivity index (χ1n) is 9.17. The minimum atomic E-state index is -0.790. The summed E-state index contributed by atoms with van der Waals surface area (Å²) in [5.74, 6) is -0.720. The highest BCUT2D eigenvalue weighted by Gasteiger charge is 2.21. The molecule has 6 heteroatoms. The average Bonchev–Trinajstić information content (AvgIpc) is 2.53. The second-order valence-corrected chi connectivity index (χ2v) is 7.61. The number of ether oxygens (including phenoxy) is 2. The van der Waals surface area contributed by atoms with E-state index in [0.29, 0.717) is 6.42 Å². The van der Waals surface area contributed by atoms with Crippen molar-refractivity contribution in [2.24, 2.45) is 0 Å². The van der Waals surface area contributed by atoms with Gasteiger partial charge in [-0.3, -0.25) is 9.59 Å². The van der Waals surface area contributed by atoms with Crippen molar-refractivity contribution in [1.29, 1.82) is 0 Å². The summed E-state index contributed by atoms with van der Waals surface area (Å²) in [5, 5.41) is -0.0550. The van der Waals surface area contributed by atoms with Gasteiger partial charge in [0.1, 0.15) is 0 Å². The topological polar surface area (TPSA) is 52.6 Å². The standard InChI is InChI=1S/C18H34O4S2/c1-4-7-8-9-10-11-18(21-16(19)12-14(23)5-2)22-17(20)13-15(24)6-3/h14-15,18,23-24H,4-13H2,1-3H3. The number of rotatable bonds is 14. The smallest absolute Gasteiger partial charge is 0.309 e. The van der Waals surface area contributed by atoms with Crippen LogP contribution in [-0.2, 0) is 19.1 Å². The van der Waals surface area contributed by atoms with Crippen LogP contribution in [0.3, 0.4) is 0 Å². The van der Waals surface area contributed by atoms with Gasteiger partial charge >= 0.3 is 11.9 Å². The third kappa shape index (κ3) is 13.0. The SMILES string of the molecule is CCCCCCCC(OC(=O)CC(S)CC)OC(=O)CC(S)CC. The molecule has 0 N–H and O–H groups in total. The van der Waals surface area contributed by atoms with Crippen LogP contribution in [0.15, 0.2) is 0 Å². The number of esters is 2.